The molecular weight excluding hydrogens is 757 g/mol. The van der Waals surface area contributed by atoms with E-state index in [2.05, 4.69) is 236 Å². The molecule has 0 saturated carbocycles. The normalized spacial score (nSPS) is 15.2. The van der Waals surface area contributed by atoms with Gasteiger partial charge in [-0.15, -0.1) is 0 Å². The first-order chi connectivity index (χ1) is 30.5. The van der Waals surface area contributed by atoms with Gasteiger partial charge in [-0.2, -0.15) is 0 Å². The fourth-order valence-electron chi connectivity index (χ4n) is 11.5. The Morgan fingerprint density at radius 1 is 0.190 bits per heavy atom. The lowest BCUT2D eigenvalue weighted by Crippen LogP contribution is -2.14. The average Bonchev–Trinajstić information content (AvgIpc) is 3.80. The van der Waals surface area contributed by atoms with E-state index in [1.807, 2.05) is 0 Å². The van der Waals surface area contributed by atoms with E-state index in [1.54, 1.807) is 0 Å². The van der Waals surface area contributed by atoms with Gasteiger partial charge in [0.15, 0.2) is 0 Å². The van der Waals surface area contributed by atoms with Crippen molar-refractivity contribution in [2.75, 3.05) is 0 Å². The Morgan fingerprint density at radius 3 is 0.730 bits per heavy atom. The molecule has 0 N–H and O–H groups in total. The van der Waals surface area contributed by atoms with Crippen LogP contribution in [0, 0.1) is 0 Å². The third-order valence-electron chi connectivity index (χ3n) is 15.1. The van der Waals surface area contributed by atoms with Crippen molar-refractivity contribution in [3.05, 3.63) is 228 Å². The Balaban J connectivity index is 0.927. The van der Waals surface area contributed by atoms with Crippen LogP contribution in [0.25, 0.3) is 89.0 Å². The van der Waals surface area contributed by atoms with Gasteiger partial charge in [-0.1, -0.05) is 199 Å². The van der Waals surface area contributed by atoms with Crippen LogP contribution >= 0.6 is 0 Å². The van der Waals surface area contributed by atoms with Crippen molar-refractivity contribution in [1.29, 1.82) is 0 Å². The molecule has 9 aromatic carbocycles. The van der Waals surface area contributed by atoms with Crippen molar-refractivity contribution in [3.63, 3.8) is 0 Å². The van der Waals surface area contributed by atoms with Gasteiger partial charge in [-0.25, -0.2) is 0 Å². The summed E-state index contributed by atoms with van der Waals surface area (Å²) in [5, 5.41) is 0. The largest absolute Gasteiger partial charge is 0.0619 e. The summed E-state index contributed by atoms with van der Waals surface area (Å²) < 4.78 is 0. The molecule has 9 aromatic rings. The third kappa shape index (κ3) is 5.67. The SMILES string of the molecule is CC1(C)c2ccccc2-c2ccc(-c3ccc(-c4cc(-c5ccc(-c6ccc7c(c6)C(C)(C)c6ccccc6-7)cc5)cc(-c5ccc6c(c5)C(C)(C)c5ccccc5-6)c4)cc3)cc21. The molecule has 0 heterocycles. The summed E-state index contributed by atoms with van der Waals surface area (Å²) in [7, 11) is 0. The molecule has 0 amide bonds. The highest BCUT2D eigenvalue weighted by molar-refractivity contribution is 5.89. The van der Waals surface area contributed by atoms with E-state index in [9.17, 15) is 0 Å². The molecular formula is C63H50. The van der Waals surface area contributed by atoms with Crippen LogP contribution < -0.4 is 0 Å². The van der Waals surface area contributed by atoms with Crippen LogP contribution in [0.5, 0.6) is 0 Å². The number of rotatable bonds is 5. The van der Waals surface area contributed by atoms with Gasteiger partial charge in [0.05, 0.1) is 0 Å². The summed E-state index contributed by atoms with van der Waals surface area (Å²) in [6.45, 7) is 14.2. The van der Waals surface area contributed by atoms with E-state index in [4.69, 9.17) is 0 Å². The number of hydrogen-bond donors (Lipinski definition) is 0. The summed E-state index contributed by atoms with van der Waals surface area (Å²) in [4.78, 5) is 0. The van der Waals surface area contributed by atoms with Crippen molar-refractivity contribution in [1.82, 2.24) is 0 Å². The molecule has 0 radical (unpaired) electrons. The first kappa shape index (κ1) is 37.7. The lowest BCUT2D eigenvalue weighted by molar-refractivity contribution is 0.660. The van der Waals surface area contributed by atoms with Gasteiger partial charge in [-0.05, 0) is 159 Å². The fraction of sp³-hybridized carbons (Fsp3) is 0.143. The molecule has 12 rings (SSSR count). The van der Waals surface area contributed by atoms with Gasteiger partial charge in [0, 0.05) is 16.2 Å². The number of fused-ring (bicyclic) bond motifs is 9. The molecule has 3 aliphatic rings. The molecule has 0 nitrogen and oxygen atoms in total. The van der Waals surface area contributed by atoms with E-state index in [-0.39, 0.29) is 16.2 Å². The summed E-state index contributed by atoms with van der Waals surface area (Å²) in [5.74, 6) is 0. The average molecular weight is 807 g/mol. The Morgan fingerprint density at radius 2 is 0.413 bits per heavy atom. The van der Waals surface area contributed by atoms with Crippen LogP contribution in [-0.2, 0) is 16.2 Å². The number of benzene rings is 9. The minimum absolute atomic E-state index is 0.0306. The molecule has 0 saturated heterocycles. The Labute approximate surface area is 372 Å². The van der Waals surface area contributed by atoms with Gasteiger partial charge in [0.25, 0.3) is 0 Å². The van der Waals surface area contributed by atoms with Gasteiger partial charge in [-0.3, -0.25) is 0 Å². The minimum Gasteiger partial charge on any atom is -0.0619 e. The van der Waals surface area contributed by atoms with Crippen LogP contribution in [0.15, 0.2) is 194 Å². The third-order valence-corrected chi connectivity index (χ3v) is 15.1. The maximum absolute atomic E-state index is 2.45. The van der Waals surface area contributed by atoms with Crippen molar-refractivity contribution < 1.29 is 0 Å². The first-order valence-electron chi connectivity index (χ1n) is 22.6. The van der Waals surface area contributed by atoms with E-state index >= 15 is 0 Å². The second-order valence-corrected chi connectivity index (χ2v) is 19.7. The minimum atomic E-state index is -0.0703. The van der Waals surface area contributed by atoms with Gasteiger partial charge < -0.3 is 0 Å². The second-order valence-electron chi connectivity index (χ2n) is 19.7. The van der Waals surface area contributed by atoms with E-state index in [0.29, 0.717) is 0 Å². The van der Waals surface area contributed by atoms with Crippen molar-refractivity contribution in [3.8, 4) is 89.0 Å². The zero-order valence-corrected chi connectivity index (χ0v) is 37.0. The quantitative estimate of drug-likeness (QED) is 0.163. The van der Waals surface area contributed by atoms with E-state index in [0.717, 1.165) is 0 Å². The second kappa shape index (κ2) is 13.5. The van der Waals surface area contributed by atoms with Crippen molar-refractivity contribution in [2.24, 2.45) is 0 Å². The standard InChI is InChI=1S/C63H50/c1-61(2)55-16-10-7-13-49(55)52-30-27-43(36-58(52)61)39-19-23-41(24-20-39)46-33-47(35-48(34-46)45-29-32-54-51-15-9-12-18-57(51)63(5,6)60(54)38-45)42-25-21-40(22-26-42)44-28-31-53-50-14-8-11-17-56(50)62(3,4)59(53)37-44/h7-38H,1-6H3. The van der Waals surface area contributed by atoms with Crippen LogP contribution in [0.4, 0.5) is 0 Å². The van der Waals surface area contributed by atoms with Crippen molar-refractivity contribution in [2.45, 2.75) is 57.8 Å². The van der Waals surface area contributed by atoms with Gasteiger partial charge in [0.1, 0.15) is 0 Å². The fourth-order valence-corrected chi connectivity index (χ4v) is 11.5. The summed E-state index contributed by atoms with van der Waals surface area (Å²) in [6, 6.07) is 73.5. The van der Waals surface area contributed by atoms with Crippen LogP contribution in [-0.4, -0.2) is 0 Å². The first-order valence-corrected chi connectivity index (χ1v) is 22.6. The van der Waals surface area contributed by atoms with E-state index in [1.165, 1.54) is 122 Å². The zero-order valence-electron chi connectivity index (χ0n) is 37.0. The lowest BCUT2D eigenvalue weighted by Gasteiger charge is -2.22. The van der Waals surface area contributed by atoms with Crippen LogP contribution in [0.2, 0.25) is 0 Å². The Kier molecular flexibility index (Phi) is 8.08. The predicted octanol–water partition coefficient (Wildman–Crippen LogP) is 16.9. The maximum atomic E-state index is 2.45. The molecule has 0 bridgehead atoms. The molecule has 0 aromatic heterocycles. The predicted molar refractivity (Wildman–Crippen MR) is 266 cm³/mol. The summed E-state index contributed by atoms with van der Waals surface area (Å²) in [5.41, 5.74) is 28.7. The van der Waals surface area contributed by atoms with Crippen LogP contribution in [0.1, 0.15) is 74.9 Å². The maximum Gasteiger partial charge on any atom is 0.0159 e. The zero-order chi connectivity index (χ0) is 42.8. The van der Waals surface area contributed by atoms with Gasteiger partial charge in [0.2, 0.25) is 0 Å². The van der Waals surface area contributed by atoms with E-state index < -0.39 is 0 Å². The highest BCUT2D eigenvalue weighted by Gasteiger charge is 2.37. The smallest absolute Gasteiger partial charge is 0.0159 e. The molecule has 0 unspecified atom stereocenters. The lowest BCUT2D eigenvalue weighted by atomic mass is 9.81. The highest BCUT2D eigenvalue weighted by Crippen LogP contribution is 2.52. The molecule has 0 heteroatoms. The summed E-state index contributed by atoms with van der Waals surface area (Å²) >= 11 is 0. The van der Waals surface area contributed by atoms with Crippen molar-refractivity contribution >= 4 is 0 Å². The van der Waals surface area contributed by atoms with Gasteiger partial charge >= 0.3 is 0 Å². The highest BCUT2D eigenvalue weighted by atomic mass is 14.4. The topological polar surface area (TPSA) is 0 Å². The molecule has 0 fully saturated rings. The monoisotopic (exact) mass is 806 g/mol. The molecule has 302 valence electrons. The van der Waals surface area contributed by atoms with Crippen LogP contribution in [0.3, 0.4) is 0 Å². The number of hydrogen-bond acceptors (Lipinski definition) is 0. The molecule has 63 heavy (non-hydrogen) atoms. The molecule has 0 aliphatic heterocycles. The Bertz CT molecular complexity index is 3160. The molecule has 0 atom stereocenters. The Hall–Kier alpha value is -7.02. The molecule has 0 spiro atoms. The molecule has 3 aliphatic carbocycles. The summed E-state index contributed by atoms with van der Waals surface area (Å²) in [6.07, 6.45) is 0.